The van der Waals surface area contributed by atoms with Gasteiger partial charge in [-0.3, -0.25) is 4.99 Å². The first-order valence-electron chi connectivity index (χ1n) is 10.2. The lowest BCUT2D eigenvalue weighted by molar-refractivity contribution is 0.194. The van der Waals surface area contributed by atoms with Gasteiger partial charge in [0.05, 0.1) is 0 Å². The van der Waals surface area contributed by atoms with Crippen molar-refractivity contribution in [2.45, 2.75) is 50.6 Å². The molecule has 1 unspecified atom stereocenters. The highest BCUT2D eigenvalue weighted by molar-refractivity contribution is 14.0. The number of hydrogen-bond donors (Lipinski definition) is 2. The summed E-state index contributed by atoms with van der Waals surface area (Å²) in [6, 6.07) is 11.9. The second kappa shape index (κ2) is 11.7. The van der Waals surface area contributed by atoms with E-state index in [0.29, 0.717) is 6.04 Å². The van der Waals surface area contributed by atoms with Crippen molar-refractivity contribution in [3.63, 3.8) is 0 Å². The van der Waals surface area contributed by atoms with E-state index in [-0.39, 0.29) is 24.0 Å². The predicted molar refractivity (Wildman–Crippen MR) is 126 cm³/mol. The van der Waals surface area contributed by atoms with Gasteiger partial charge in [0, 0.05) is 51.0 Å². The number of nitrogens with zero attached hydrogens (tertiary/aromatic N) is 3. The van der Waals surface area contributed by atoms with E-state index < -0.39 is 0 Å². The lowest BCUT2D eigenvalue weighted by Gasteiger charge is -2.31. The topological polar surface area (TPSA) is 42.9 Å². The van der Waals surface area contributed by atoms with Crippen LogP contribution in [0, 0.1) is 0 Å². The standard InChI is InChI=1S/C21H35N5.HI/c1-22-21(23-14-16-25(2)19-9-5-3-6-10-19)24-18-13-15-26(17-18)20-11-7-4-8-12-20;/h4,7-8,11-12,18-19H,3,5-6,9-10,13-17H2,1-2H3,(H2,22,23,24);1H. The third-order valence-corrected chi connectivity index (χ3v) is 5.83. The summed E-state index contributed by atoms with van der Waals surface area (Å²) in [5.41, 5.74) is 1.31. The molecule has 1 heterocycles. The summed E-state index contributed by atoms with van der Waals surface area (Å²) in [7, 11) is 4.13. The number of benzene rings is 1. The largest absolute Gasteiger partial charge is 0.369 e. The smallest absolute Gasteiger partial charge is 0.191 e. The predicted octanol–water partition coefficient (Wildman–Crippen LogP) is 3.31. The Morgan fingerprint density at radius 3 is 2.59 bits per heavy atom. The molecule has 1 saturated carbocycles. The third kappa shape index (κ3) is 6.82. The number of rotatable bonds is 6. The first-order chi connectivity index (χ1) is 12.8. The van der Waals surface area contributed by atoms with E-state index in [1.54, 1.807) is 0 Å². The van der Waals surface area contributed by atoms with Crippen molar-refractivity contribution in [3.05, 3.63) is 30.3 Å². The maximum absolute atomic E-state index is 4.42. The molecule has 0 amide bonds. The Labute approximate surface area is 182 Å². The van der Waals surface area contributed by atoms with Gasteiger partial charge in [0.2, 0.25) is 0 Å². The van der Waals surface area contributed by atoms with Crippen LogP contribution in [0.1, 0.15) is 38.5 Å². The second-order valence-corrected chi connectivity index (χ2v) is 7.68. The minimum absolute atomic E-state index is 0. The Morgan fingerprint density at radius 1 is 1.15 bits per heavy atom. The molecule has 6 heteroatoms. The van der Waals surface area contributed by atoms with Crippen molar-refractivity contribution in [1.82, 2.24) is 15.5 Å². The average Bonchev–Trinajstić information content (AvgIpc) is 3.17. The van der Waals surface area contributed by atoms with Gasteiger partial charge in [-0.1, -0.05) is 37.5 Å². The van der Waals surface area contributed by atoms with Crippen molar-refractivity contribution < 1.29 is 0 Å². The molecule has 0 spiro atoms. The fourth-order valence-corrected chi connectivity index (χ4v) is 4.19. The zero-order valence-electron chi connectivity index (χ0n) is 16.9. The molecule has 0 bridgehead atoms. The number of anilines is 1. The molecule has 1 aromatic carbocycles. The second-order valence-electron chi connectivity index (χ2n) is 7.68. The van der Waals surface area contributed by atoms with Crippen LogP contribution in [0.4, 0.5) is 5.69 Å². The lowest BCUT2D eigenvalue weighted by atomic mass is 9.94. The van der Waals surface area contributed by atoms with Gasteiger partial charge in [0.25, 0.3) is 0 Å². The lowest BCUT2D eigenvalue weighted by Crippen LogP contribution is -2.47. The Hall–Kier alpha value is -1.02. The molecular formula is C21H36IN5. The van der Waals surface area contributed by atoms with Crippen LogP contribution in [0.25, 0.3) is 0 Å². The van der Waals surface area contributed by atoms with Gasteiger partial charge in [0.1, 0.15) is 0 Å². The first-order valence-corrected chi connectivity index (χ1v) is 10.2. The quantitative estimate of drug-likeness (QED) is 0.369. The van der Waals surface area contributed by atoms with Gasteiger partial charge in [-0.25, -0.2) is 0 Å². The van der Waals surface area contributed by atoms with Crippen molar-refractivity contribution in [2.75, 3.05) is 45.2 Å². The number of aliphatic imine (C=N–C) groups is 1. The molecule has 0 radical (unpaired) electrons. The highest BCUT2D eigenvalue weighted by atomic mass is 127. The van der Waals surface area contributed by atoms with Crippen LogP contribution in [0.2, 0.25) is 0 Å². The van der Waals surface area contributed by atoms with Gasteiger partial charge in [-0.15, -0.1) is 24.0 Å². The van der Waals surface area contributed by atoms with E-state index in [2.05, 4.69) is 62.8 Å². The number of para-hydroxylation sites is 1. The number of guanidine groups is 1. The molecule has 5 nitrogen and oxygen atoms in total. The molecule has 0 aromatic heterocycles. The zero-order valence-corrected chi connectivity index (χ0v) is 19.2. The summed E-state index contributed by atoms with van der Waals surface area (Å²) in [6.07, 6.45) is 8.08. The Balaban J connectivity index is 0.00000261. The molecule has 3 rings (SSSR count). The van der Waals surface area contributed by atoms with Crippen molar-refractivity contribution in [1.29, 1.82) is 0 Å². The fraction of sp³-hybridized carbons (Fsp3) is 0.667. The van der Waals surface area contributed by atoms with Crippen LogP contribution in [0.5, 0.6) is 0 Å². The minimum Gasteiger partial charge on any atom is -0.369 e. The summed E-state index contributed by atoms with van der Waals surface area (Å²) in [4.78, 5) is 9.38. The molecule has 2 aliphatic rings. The summed E-state index contributed by atoms with van der Waals surface area (Å²) < 4.78 is 0. The van der Waals surface area contributed by atoms with E-state index in [4.69, 9.17) is 0 Å². The third-order valence-electron chi connectivity index (χ3n) is 5.83. The molecule has 27 heavy (non-hydrogen) atoms. The molecule has 1 atom stereocenters. The molecule has 1 aliphatic heterocycles. The van der Waals surface area contributed by atoms with Crippen molar-refractivity contribution in [2.24, 2.45) is 4.99 Å². The Kier molecular flexibility index (Phi) is 9.68. The van der Waals surface area contributed by atoms with Gasteiger partial charge < -0.3 is 20.4 Å². The highest BCUT2D eigenvalue weighted by Crippen LogP contribution is 2.21. The normalized spacial score (nSPS) is 21.2. The van der Waals surface area contributed by atoms with E-state index in [1.165, 1.54) is 37.8 Å². The molecule has 1 aliphatic carbocycles. The molecule has 152 valence electrons. The van der Waals surface area contributed by atoms with Crippen LogP contribution in [-0.2, 0) is 0 Å². The monoisotopic (exact) mass is 485 g/mol. The fourth-order valence-electron chi connectivity index (χ4n) is 4.19. The molecule has 1 saturated heterocycles. The maximum atomic E-state index is 4.42. The average molecular weight is 485 g/mol. The van der Waals surface area contributed by atoms with E-state index in [9.17, 15) is 0 Å². The summed E-state index contributed by atoms with van der Waals surface area (Å²) in [5.74, 6) is 0.932. The van der Waals surface area contributed by atoms with E-state index in [1.807, 2.05) is 7.05 Å². The van der Waals surface area contributed by atoms with Gasteiger partial charge >= 0.3 is 0 Å². The summed E-state index contributed by atoms with van der Waals surface area (Å²) in [6.45, 7) is 4.16. The van der Waals surface area contributed by atoms with Crippen LogP contribution >= 0.6 is 24.0 Å². The maximum Gasteiger partial charge on any atom is 0.191 e. The first kappa shape index (κ1) is 22.3. The summed E-state index contributed by atoms with van der Waals surface area (Å²) >= 11 is 0. The van der Waals surface area contributed by atoms with Crippen molar-refractivity contribution >= 4 is 35.6 Å². The van der Waals surface area contributed by atoms with Gasteiger partial charge in [0.15, 0.2) is 5.96 Å². The summed E-state index contributed by atoms with van der Waals surface area (Å²) in [5, 5.41) is 7.10. The number of hydrogen-bond acceptors (Lipinski definition) is 3. The van der Waals surface area contributed by atoms with Crippen LogP contribution < -0.4 is 15.5 Å². The van der Waals surface area contributed by atoms with Crippen LogP contribution in [0.3, 0.4) is 0 Å². The molecular weight excluding hydrogens is 449 g/mol. The molecule has 1 aromatic rings. The van der Waals surface area contributed by atoms with Crippen molar-refractivity contribution in [3.8, 4) is 0 Å². The number of halogens is 1. The van der Waals surface area contributed by atoms with Gasteiger partial charge in [-0.05, 0) is 38.4 Å². The Morgan fingerprint density at radius 2 is 1.89 bits per heavy atom. The Bertz CT molecular complexity index is 559. The molecule has 2 fully saturated rings. The highest BCUT2D eigenvalue weighted by Gasteiger charge is 2.23. The molecule has 2 N–H and O–H groups in total. The van der Waals surface area contributed by atoms with Crippen LogP contribution in [-0.4, -0.2) is 63.2 Å². The van der Waals surface area contributed by atoms with Gasteiger partial charge in [-0.2, -0.15) is 0 Å². The number of nitrogens with one attached hydrogen (secondary N) is 2. The van der Waals surface area contributed by atoms with E-state index in [0.717, 1.165) is 44.6 Å². The SMILES string of the molecule is CN=C(NCCN(C)C1CCCCC1)NC1CCN(c2ccccc2)C1.I. The zero-order chi connectivity index (χ0) is 18.2. The van der Waals surface area contributed by atoms with E-state index >= 15 is 0 Å². The minimum atomic E-state index is 0. The van der Waals surface area contributed by atoms with Crippen LogP contribution in [0.15, 0.2) is 35.3 Å². The number of likely N-dealkylation sites (N-methyl/N-ethyl adjacent to an activating group) is 1.